The molecule has 1 heterocycles. The first kappa shape index (κ1) is 10.9. The second-order valence-electron chi connectivity index (χ2n) is 2.70. The van der Waals surface area contributed by atoms with Crippen molar-refractivity contribution in [1.29, 1.82) is 0 Å². The van der Waals surface area contributed by atoms with Gasteiger partial charge >= 0.3 is 5.97 Å². The van der Waals surface area contributed by atoms with Crippen molar-refractivity contribution < 1.29 is 14.3 Å². The van der Waals surface area contributed by atoms with E-state index in [1.54, 1.807) is 6.07 Å². The van der Waals surface area contributed by atoms with Crippen LogP contribution in [-0.4, -0.2) is 16.8 Å². The number of hydrogen-bond acceptors (Lipinski definition) is 3. The molecule has 0 aliphatic carbocycles. The lowest BCUT2D eigenvalue weighted by molar-refractivity contribution is 0.0656. The minimum Gasteiger partial charge on any atom is -0.475 e. The van der Waals surface area contributed by atoms with E-state index in [0.717, 1.165) is 18.6 Å². The van der Waals surface area contributed by atoms with E-state index >= 15 is 0 Å². The maximum atomic E-state index is 10.5. The largest absolute Gasteiger partial charge is 0.475 e. The predicted octanol–water partition coefficient (Wildman–Crippen LogP) is 3.04. The van der Waals surface area contributed by atoms with Crippen molar-refractivity contribution in [3.63, 3.8) is 0 Å². The van der Waals surface area contributed by atoms with Crippen LogP contribution in [0.15, 0.2) is 34.3 Å². The Labute approximate surface area is 86.8 Å². The first-order valence-electron chi connectivity index (χ1n) is 4.31. The number of carboxylic acids is 1. The third kappa shape index (κ3) is 3.30. The Balaban J connectivity index is 2.36. The summed E-state index contributed by atoms with van der Waals surface area (Å²) < 4.78 is 5.06. The Hall–Kier alpha value is -1.16. The minimum atomic E-state index is -1.03. The highest BCUT2D eigenvalue weighted by atomic mass is 32.2. The number of rotatable bonds is 6. The summed E-state index contributed by atoms with van der Waals surface area (Å²) in [6, 6.07) is 3.15. The number of unbranched alkanes of at least 4 members (excludes halogenated alkanes) is 1. The third-order valence-corrected chi connectivity index (χ3v) is 2.59. The van der Waals surface area contributed by atoms with Gasteiger partial charge in [0.2, 0.25) is 5.76 Å². The SMILES string of the molecule is C=CCCCSc1ccc(C(=O)O)o1. The average molecular weight is 212 g/mol. The molecule has 1 aromatic heterocycles. The van der Waals surface area contributed by atoms with E-state index in [4.69, 9.17) is 9.52 Å². The first-order chi connectivity index (χ1) is 6.74. The molecule has 1 aromatic rings. The van der Waals surface area contributed by atoms with E-state index in [9.17, 15) is 4.79 Å². The molecular formula is C10H12O3S. The monoisotopic (exact) mass is 212 g/mol. The van der Waals surface area contributed by atoms with Gasteiger partial charge in [-0.1, -0.05) is 17.8 Å². The van der Waals surface area contributed by atoms with Gasteiger partial charge in [-0.3, -0.25) is 0 Å². The molecule has 0 aromatic carbocycles. The van der Waals surface area contributed by atoms with Crippen LogP contribution in [0.3, 0.4) is 0 Å². The number of hydrogen-bond donors (Lipinski definition) is 1. The van der Waals surface area contributed by atoms with E-state index in [0.29, 0.717) is 5.09 Å². The lowest BCUT2D eigenvalue weighted by Gasteiger charge is -1.94. The number of furan rings is 1. The molecular weight excluding hydrogens is 200 g/mol. The van der Waals surface area contributed by atoms with E-state index in [-0.39, 0.29) is 5.76 Å². The highest BCUT2D eigenvalue weighted by Gasteiger charge is 2.08. The molecule has 76 valence electrons. The van der Waals surface area contributed by atoms with Gasteiger partial charge in [-0.25, -0.2) is 4.79 Å². The molecule has 0 aliphatic rings. The Morgan fingerprint density at radius 3 is 3.00 bits per heavy atom. The molecule has 0 bridgehead atoms. The molecule has 0 fully saturated rings. The van der Waals surface area contributed by atoms with Crippen molar-refractivity contribution in [2.45, 2.75) is 17.9 Å². The van der Waals surface area contributed by atoms with Crippen molar-refractivity contribution in [3.8, 4) is 0 Å². The van der Waals surface area contributed by atoms with Crippen LogP contribution in [0.2, 0.25) is 0 Å². The van der Waals surface area contributed by atoms with Gasteiger partial charge < -0.3 is 9.52 Å². The van der Waals surface area contributed by atoms with E-state index in [1.807, 2.05) is 6.08 Å². The standard InChI is InChI=1S/C10H12O3S/c1-2-3-4-7-14-9-6-5-8(13-9)10(11)12/h2,5-6H,1,3-4,7H2,(H,11,12). The topological polar surface area (TPSA) is 50.4 Å². The van der Waals surface area contributed by atoms with Crippen molar-refractivity contribution in [3.05, 3.63) is 30.5 Å². The number of thioether (sulfide) groups is 1. The second kappa shape index (κ2) is 5.54. The van der Waals surface area contributed by atoms with Crippen LogP contribution in [0, 0.1) is 0 Å². The van der Waals surface area contributed by atoms with Crippen molar-refractivity contribution in [2.24, 2.45) is 0 Å². The normalized spacial score (nSPS) is 10.0. The summed E-state index contributed by atoms with van der Waals surface area (Å²) in [6.45, 7) is 3.62. The molecule has 0 unspecified atom stereocenters. The molecule has 1 rings (SSSR count). The summed E-state index contributed by atoms with van der Waals surface area (Å²) in [6.07, 6.45) is 3.86. The van der Waals surface area contributed by atoms with Gasteiger partial charge in [0.25, 0.3) is 0 Å². The summed E-state index contributed by atoms with van der Waals surface area (Å²) in [7, 11) is 0. The fourth-order valence-corrected chi connectivity index (χ4v) is 1.74. The minimum absolute atomic E-state index is 0.00350. The molecule has 4 heteroatoms. The van der Waals surface area contributed by atoms with Crippen molar-refractivity contribution in [1.82, 2.24) is 0 Å². The van der Waals surface area contributed by atoms with E-state index in [1.165, 1.54) is 17.8 Å². The Kier molecular flexibility index (Phi) is 4.32. The smallest absolute Gasteiger partial charge is 0.371 e. The average Bonchev–Trinajstić information content (AvgIpc) is 2.61. The predicted molar refractivity (Wildman–Crippen MR) is 55.8 cm³/mol. The van der Waals surface area contributed by atoms with Gasteiger partial charge in [-0.05, 0) is 25.0 Å². The number of carboxylic acid groups (broad SMARTS) is 1. The highest BCUT2D eigenvalue weighted by Crippen LogP contribution is 2.22. The lowest BCUT2D eigenvalue weighted by atomic mass is 10.3. The maximum absolute atomic E-state index is 10.5. The van der Waals surface area contributed by atoms with Gasteiger partial charge in [0.15, 0.2) is 5.09 Å². The van der Waals surface area contributed by atoms with Crippen LogP contribution in [0.4, 0.5) is 0 Å². The Bertz CT molecular complexity index is 317. The zero-order chi connectivity index (χ0) is 10.4. The van der Waals surface area contributed by atoms with Crippen LogP contribution in [0.1, 0.15) is 23.4 Å². The van der Waals surface area contributed by atoms with Crippen LogP contribution < -0.4 is 0 Å². The molecule has 14 heavy (non-hydrogen) atoms. The Morgan fingerprint density at radius 2 is 2.43 bits per heavy atom. The number of allylic oxidation sites excluding steroid dienone is 1. The van der Waals surface area contributed by atoms with Crippen LogP contribution in [0.25, 0.3) is 0 Å². The van der Waals surface area contributed by atoms with Gasteiger partial charge in [0.05, 0.1) is 0 Å². The highest BCUT2D eigenvalue weighted by molar-refractivity contribution is 7.99. The van der Waals surface area contributed by atoms with Crippen molar-refractivity contribution in [2.75, 3.05) is 5.75 Å². The third-order valence-electron chi connectivity index (χ3n) is 1.59. The van der Waals surface area contributed by atoms with E-state index < -0.39 is 5.97 Å². The molecule has 0 amide bonds. The Morgan fingerprint density at radius 1 is 1.64 bits per heavy atom. The molecule has 1 N–H and O–H groups in total. The summed E-state index contributed by atoms with van der Waals surface area (Å²) in [5.74, 6) is -0.113. The van der Waals surface area contributed by atoms with Crippen LogP contribution in [0.5, 0.6) is 0 Å². The number of carbonyl (C=O) groups is 1. The van der Waals surface area contributed by atoms with Gasteiger partial charge in [-0.15, -0.1) is 6.58 Å². The quantitative estimate of drug-likeness (QED) is 0.447. The van der Waals surface area contributed by atoms with Gasteiger partial charge in [-0.2, -0.15) is 0 Å². The van der Waals surface area contributed by atoms with Gasteiger partial charge in [0.1, 0.15) is 0 Å². The lowest BCUT2D eigenvalue weighted by Crippen LogP contribution is -1.91. The molecule has 0 saturated heterocycles. The number of aromatic carboxylic acids is 1. The van der Waals surface area contributed by atoms with Crippen LogP contribution >= 0.6 is 11.8 Å². The molecule has 3 nitrogen and oxygen atoms in total. The fraction of sp³-hybridized carbons (Fsp3) is 0.300. The zero-order valence-corrected chi connectivity index (χ0v) is 8.55. The molecule has 0 saturated carbocycles. The molecule has 0 spiro atoms. The summed E-state index contributed by atoms with van der Waals surface area (Å²) in [5.41, 5.74) is 0. The summed E-state index contributed by atoms with van der Waals surface area (Å²) in [5, 5.41) is 9.25. The van der Waals surface area contributed by atoms with E-state index in [2.05, 4.69) is 6.58 Å². The molecule has 0 atom stereocenters. The van der Waals surface area contributed by atoms with Crippen LogP contribution in [-0.2, 0) is 0 Å². The zero-order valence-electron chi connectivity index (χ0n) is 7.73. The molecule has 0 aliphatic heterocycles. The molecule has 0 radical (unpaired) electrons. The summed E-state index contributed by atoms with van der Waals surface area (Å²) in [4.78, 5) is 10.5. The van der Waals surface area contributed by atoms with Gasteiger partial charge in [0, 0.05) is 5.75 Å². The second-order valence-corrected chi connectivity index (χ2v) is 3.80. The first-order valence-corrected chi connectivity index (χ1v) is 5.29. The fourth-order valence-electron chi connectivity index (χ4n) is 0.913. The van der Waals surface area contributed by atoms with Crippen molar-refractivity contribution >= 4 is 17.7 Å². The maximum Gasteiger partial charge on any atom is 0.371 e. The summed E-state index contributed by atoms with van der Waals surface area (Å²) >= 11 is 1.52.